The third-order valence-electron chi connectivity index (χ3n) is 5.12. The van der Waals surface area contributed by atoms with Gasteiger partial charge in [0, 0.05) is 31.5 Å². The molecule has 0 saturated carbocycles. The Balaban J connectivity index is 1.74. The molecule has 0 bridgehead atoms. The van der Waals surface area contributed by atoms with Gasteiger partial charge < -0.3 is 10.6 Å². The molecule has 1 fully saturated rings. The van der Waals surface area contributed by atoms with Gasteiger partial charge in [0.2, 0.25) is 0 Å². The van der Waals surface area contributed by atoms with Crippen LogP contribution in [-0.4, -0.2) is 47.5 Å². The number of aromatic nitrogens is 1. The Morgan fingerprint density at radius 2 is 1.80 bits per heavy atom. The van der Waals surface area contributed by atoms with Gasteiger partial charge in [0.15, 0.2) is 0 Å². The first kappa shape index (κ1) is 18.1. The zero-order valence-electron chi connectivity index (χ0n) is 15.3. The molecule has 1 aliphatic rings. The molecule has 25 heavy (non-hydrogen) atoms. The fourth-order valence-electron chi connectivity index (χ4n) is 3.69. The SMILES string of the molecule is CN1CCC(N(Cc2cccnc2)Cc2cccc(CCN)c2)CC1. The van der Waals surface area contributed by atoms with Gasteiger partial charge in [-0.05, 0) is 68.7 Å². The summed E-state index contributed by atoms with van der Waals surface area (Å²) in [5.74, 6) is 0. The molecule has 2 heterocycles. The second-order valence-corrected chi connectivity index (χ2v) is 7.16. The fraction of sp³-hybridized carbons (Fsp3) is 0.476. The van der Waals surface area contributed by atoms with Gasteiger partial charge in [-0.1, -0.05) is 30.3 Å². The molecule has 134 valence electrons. The van der Waals surface area contributed by atoms with Crippen LogP contribution in [-0.2, 0) is 19.5 Å². The lowest BCUT2D eigenvalue weighted by atomic mass is 10.0. The minimum atomic E-state index is 0.634. The number of piperidine rings is 1. The summed E-state index contributed by atoms with van der Waals surface area (Å²) in [5, 5.41) is 0. The number of pyridine rings is 1. The summed E-state index contributed by atoms with van der Waals surface area (Å²) in [7, 11) is 2.22. The van der Waals surface area contributed by atoms with Gasteiger partial charge in [0.05, 0.1) is 0 Å². The zero-order valence-corrected chi connectivity index (χ0v) is 15.3. The van der Waals surface area contributed by atoms with Crippen LogP contribution in [0, 0.1) is 0 Å². The van der Waals surface area contributed by atoms with Crippen LogP contribution < -0.4 is 5.73 Å². The minimum Gasteiger partial charge on any atom is -0.330 e. The van der Waals surface area contributed by atoms with Crippen LogP contribution in [0.1, 0.15) is 29.5 Å². The molecule has 1 aromatic heterocycles. The molecule has 0 spiro atoms. The van der Waals surface area contributed by atoms with Crippen LogP contribution in [0.15, 0.2) is 48.8 Å². The average molecular weight is 338 g/mol. The van der Waals surface area contributed by atoms with E-state index in [2.05, 4.69) is 52.2 Å². The molecule has 0 amide bonds. The van der Waals surface area contributed by atoms with Gasteiger partial charge in [-0.15, -0.1) is 0 Å². The fourth-order valence-corrected chi connectivity index (χ4v) is 3.69. The summed E-state index contributed by atoms with van der Waals surface area (Å²) >= 11 is 0. The van der Waals surface area contributed by atoms with Gasteiger partial charge in [0.1, 0.15) is 0 Å². The standard InChI is InChI=1S/C21H30N4/c1-24-12-8-21(9-13-24)25(17-20-6-3-11-23-15-20)16-19-5-2-4-18(14-19)7-10-22/h2-6,11,14-15,21H,7-10,12-13,16-17,22H2,1H3. The minimum absolute atomic E-state index is 0.634. The third kappa shape index (κ3) is 5.36. The smallest absolute Gasteiger partial charge is 0.0312 e. The van der Waals surface area contributed by atoms with E-state index in [9.17, 15) is 0 Å². The van der Waals surface area contributed by atoms with Crippen LogP contribution in [0.4, 0.5) is 0 Å². The Morgan fingerprint density at radius 1 is 1.08 bits per heavy atom. The van der Waals surface area contributed by atoms with Crippen molar-refractivity contribution in [2.45, 2.75) is 38.4 Å². The highest BCUT2D eigenvalue weighted by atomic mass is 15.2. The number of hydrogen-bond donors (Lipinski definition) is 1. The van der Waals surface area contributed by atoms with Crippen molar-refractivity contribution in [1.29, 1.82) is 0 Å². The van der Waals surface area contributed by atoms with Crippen LogP contribution in [0.5, 0.6) is 0 Å². The predicted molar refractivity (Wildman–Crippen MR) is 103 cm³/mol. The van der Waals surface area contributed by atoms with E-state index >= 15 is 0 Å². The lowest BCUT2D eigenvalue weighted by Crippen LogP contribution is -2.43. The highest BCUT2D eigenvalue weighted by Crippen LogP contribution is 2.21. The Bertz CT molecular complexity index is 635. The molecule has 2 aromatic rings. The Kier molecular flexibility index (Phi) is 6.56. The van der Waals surface area contributed by atoms with E-state index in [4.69, 9.17) is 5.73 Å². The lowest BCUT2D eigenvalue weighted by molar-refractivity contribution is 0.108. The van der Waals surface area contributed by atoms with Crippen LogP contribution >= 0.6 is 0 Å². The van der Waals surface area contributed by atoms with Crippen molar-refractivity contribution in [2.24, 2.45) is 5.73 Å². The average Bonchev–Trinajstić information content (AvgIpc) is 2.63. The van der Waals surface area contributed by atoms with E-state index < -0.39 is 0 Å². The number of likely N-dealkylation sites (tertiary alicyclic amines) is 1. The van der Waals surface area contributed by atoms with E-state index in [-0.39, 0.29) is 0 Å². The number of rotatable bonds is 7. The van der Waals surface area contributed by atoms with Crippen molar-refractivity contribution in [1.82, 2.24) is 14.8 Å². The molecule has 0 radical (unpaired) electrons. The largest absolute Gasteiger partial charge is 0.330 e. The molecule has 2 N–H and O–H groups in total. The van der Waals surface area contributed by atoms with Crippen LogP contribution in [0.25, 0.3) is 0 Å². The van der Waals surface area contributed by atoms with Crippen molar-refractivity contribution in [2.75, 3.05) is 26.7 Å². The molecular formula is C21H30N4. The van der Waals surface area contributed by atoms with Gasteiger partial charge in [0.25, 0.3) is 0 Å². The summed E-state index contributed by atoms with van der Waals surface area (Å²) < 4.78 is 0. The molecule has 1 aliphatic heterocycles. The van der Waals surface area contributed by atoms with E-state index in [1.165, 1.54) is 42.6 Å². The maximum absolute atomic E-state index is 5.72. The number of benzene rings is 1. The van der Waals surface area contributed by atoms with E-state index in [0.29, 0.717) is 12.6 Å². The third-order valence-corrected chi connectivity index (χ3v) is 5.12. The zero-order chi connectivity index (χ0) is 17.5. The summed E-state index contributed by atoms with van der Waals surface area (Å²) in [4.78, 5) is 9.35. The first-order valence-electron chi connectivity index (χ1n) is 9.34. The predicted octanol–water partition coefficient (Wildman–Crippen LogP) is 2.68. The number of hydrogen-bond acceptors (Lipinski definition) is 4. The molecule has 4 nitrogen and oxygen atoms in total. The maximum atomic E-state index is 5.72. The molecular weight excluding hydrogens is 308 g/mol. The van der Waals surface area contributed by atoms with Crippen molar-refractivity contribution in [3.05, 3.63) is 65.5 Å². The summed E-state index contributed by atoms with van der Waals surface area (Å²) in [5.41, 5.74) is 9.73. The molecule has 0 aliphatic carbocycles. The van der Waals surface area contributed by atoms with E-state index in [1.807, 2.05) is 18.5 Å². The summed E-state index contributed by atoms with van der Waals surface area (Å²) in [6.45, 7) is 5.02. The number of nitrogens with zero attached hydrogens (tertiary/aromatic N) is 3. The first-order valence-corrected chi connectivity index (χ1v) is 9.34. The van der Waals surface area contributed by atoms with E-state index in [0.717, 1.165) is 19.5 Å². The van der Waals surface area contributed by atoms with Gasteiger partial charge in [-0.2, -0.15) is 0 Å². The molecule has 0 atom stereocenters. The normalized spacial score (nSPS) is 16.4. The molecule has 1 saturated heterocycles. The van der Waals surface area contributed by atoms with Gasteiger partial charge >= 0.3 is 0 Å². The molecule has 0 unspecified atom stereocenters. The quantitative estimate of drug-likeness (QED) is 0.843. The second-order valence-electron chi connectivity index (χ2n) is 7.16. The van der Waals surface area contributed by atoms with E-state index in [1.54, 1.807) is 0 Å². The highest BCUT2D eigenvalue weighted by molar-refractivity contribution is 5.24. The topological polar surface area (TPSA) is 45.4 Å². The second kappa shape index (κ2) is 9.09. The Labute approximate surface area is 151 Å². The Hall–Kier alpha value is -1.75. The van der Waals surface area contributed by atoms with Crippen LogP contribution in [0.2, 0.25) is 0 Å². The first-order chi connectivity index (χ1) is 12.2. The lowest BCUT2D eigenvalue weighted by Gasteiger charge is -2.37. The summed E-state index contributed by atoms with van der Waals surface area (Å²) in [6.07, 6.45) is 7.26. The monoisotopic (exact) mass is 338 g/mol. The molecule has 4 heteroatoms. The highest BCUT2D eigenvalue weighted by Gasteiger charge is 2.23. The molecule has 1 aromatic carbocycles. The van der Waals surface area contributed by atoms with Gasteiger partial charge in [-0.25, -0.2) is 0 Å². The Morgan fingerprint density at radius 3 is 2.52 bits per heavy atom. The maximum Gasteiger partial charge on any atom is 0.0312 e. The van der Waals surface area contributed by atoms with Crippen molar-refractivity contribution in [3.63, 3.8) is 0 Å². The summed E-state index contributed by atoms with van der Waals surface area (Å²) in [6, 6.07) is 13.7. The van der Waals surface area contributed by atoms with Gasteiger partial charge in [-0.3, -0.25) is 9.88 Å². The van der Waals surface area contributed by atoms with Crippen molar-refractivity contribution in [3.8, 4) is 0 Å². The van der Waals surface area contributed by atoms with Crippen LogP contribution in [0.3, 0.4) is 0 Å². The molecule has 3 rings (SSSR count). The van der Waals surface area contributed by atoms with Crippen molar-refractivity contribution >= 4 is 0 Å². The number of nitrogens with two attached hydrogens (primary N) is 1. The van der Waals surface area contributed by atoms with Crippen molar-refractivity contribution < 1.29 is 0 Å².